The van der Waals surface area contributed by atoms with Crippen molar-refractivity contribution in [3.8, 4) is 0 Å². The largest absolute Gasteiger partial charge is 0.383 e. The van der Waals surface area contributed by atoms with E-state index in [1.165, 1.54) is 0 Å². The standard InChI is InChI=1S/C22H34FN3O2/c1-17-5-6-18(14-21(17)23)15-25-11-7-20(8-12-25)26-10-3-4-19(16-26)22(27)24-9-13-28-2/h5-6,14,19-20H,3-4,7-13,15-16H2,1-2H3,(H,24,27)/t19-/m0/s1. The number of methoxy groups -OCH3 is 1. The SMILES string of the molecule is COCCNC(=O)[C@H]1CCCN(C2CCN(Cc3ccc(C)c(F)c3)CC2)C1. The number of nitrogens with zero attached hydrogens (tertiary/aromatic N) is 2. The van der Waals surface area contributed by atoms with Gasteiger partial charge in [0, 0.05) is 32.8 Å². The fourth-order valence-electron chi connectivity index (χ4n) is 4.41. The molecule has 0 unspecified atom stereocenters. The fourth-order valence-corrected chi connectivity index (χ4v) is 4.41. The molecule has 0 aromatic heterocycles. The molecule has 156 valence electrons. The maximum Gasteiger partial charge on any atom is 0.224 e. The van der Waals surface area contributed by atoms with E-state index in [1.807, 2.05) is 12.1 Å². The van der Waals surface area contributed by atoms with Gasteiger partial charge in [0.15, 0.2) is 0 Å². The number of likely N-dealkylation sites (tertiary alicyclic amines) is 2. The van der Waals surface area contributed by atoms with Crippen molar-refractivity contribution in [1.29, 1.82) is 0 Å². The molecule has 2 aliphatic rings. The van der Waals surface area contributed by atoms with Gasteiger partial charge in [-0.2, -0.15) is 0 Å². The average molecular weight is 392 g/mol. The number of nitrogens with one attached hydrogen (secondary N) is 1. The molecule has 2 aliphatic heterocycles. The predicted octanol–water partition coefficient (Wildman–Crippen LogP) is 2.57. The molecule has 0 bridgehead atoms. The van der Waals surface area contributed by atoms with Crippen molar-refractivity contribution in [2.45, 2.75) is 45.2 Å². The van der Waals surface area contributed by atoms with Crippen LogP contribution in [0.15, 0.2) is 18.2 Å². The summed E-state index contributed by atoms with van der Waals surface area (Å²) >= 11 is 0. The quantitative estimate of drug-likeness (QED) is 0.726. The van der Waals surface area contributed by atoms with Gasteiger partial charge >= 0.3 is 0 Å². The van der Waals surface area contributed by atoms with Crippen LogP contribution in [0.3, 0.4) is 0 Å². The highest BCUT2D eigenvalue weighted by molar-refractivity contribution is 5.78. The molecule has 0 saturated carbocycles. The molecule has 2 saturated heterocycles. The van der Waals surface area contributed by atoms with Crippen LogP contribution in [-0.2, 0) is 16.1 Å². The van der Waals surface area contributed by atoms with E-state index in [4.69, 9.17) is 4.74 Å². The van der Waals surface area contributed by atoms with Crippen LogP contribution in [0.1, 0.15) is 36.8 Å². The van der Waals surface area contributed by atoms with Crippen molar-refractivity contribution >= 4 is 5.91 Å². The van der Waals surface area contributed by atoms with Crippen LogP contribution in [0.25, 0.3) is 0 Å². The third kappa shape index (κ3) is 5.75. The second-order valence-electron chi connectivity index (χ2n) is 8.21. The zero-order chi connectivity index (χ0) is 19.9. The van der Waals surface area contributed by atoms with Gasteiger partial charge in [-0.05, 0) is 69.4 Å². The lowest BCUT2D eigenvalue weighted by molar-refractivity contribution is -0.127. The third-order valence-corrected chi connectivity index (χ3v) is 6.14. The molecule has 0 radical (unpaired) electrons. The Hall–Kier alpha value is -1.50. The minimum Gasteiger partial charge on any atom is -0.383 e. The van der Waals surface area contributed by atoms with Crippen LogP contribution >= 0.6 is 0 Å². The Kier molecular flexibility index (Phi) is 7.82. The molecule has 2 heterocycles. The lowest BCUT2D eigenvalue weighted by Gasteiger charge is -2.42. The van der Waals surface area contributed by atoms with E-state index in [0.29, 0.717) is 24.8 Å². The molecule has 6 heteroatoms. The molecular formula is C22H34FN3O2. The number of carbonyl (C=O) groups is 1. The molecule has 5 nitrogen and oxygen atoms in total. The maximum absolute atomic E-state index is 13.8. The van der Waals surface area contributed by atoms with Crippen molar-refractivity contribution in [3.63, 3.8) is 0 Å². The minimum atomic E-state index is -0.115. The summed E-state index contributed by atoms with van der Waals surface area (Å²) in [5.41, 5.74) is 1.75. The molecule has 1 aromatic carbocycles. The normalized spacial score (nSPS) is 22.3. The fraction of sp³-hybridized carbons (Fsp3) is 0.682. The summed E-state index contributed by atoms with van der Waals surface area (Å²) in [4.78, 5) is 17.3. The molecule has 1 aromatic rings. The smallest absolute Gasteiger partial charge is 0.224 e. The number of rotatable bonds is 7. The third-order valence-electron chi connectivity index (χ3n) is 6.14. The number of carbonyl (C=O) groups excluding carboxylic acids is 1. The summed E-state index contributed by atoms with van der Waals surface area (Å²) in [6, 6.07) is 6.12. The first-order valence-electron chi connectivity index (χ1n) is 10.5. The number of amides is 1. The van der Waals surface area contributed by atoms with Crippen LogP contribution in [0.4, 0.5) is 4.39 Å². The summed E-state index contributed by atoms with van der Waals surface area (Å²) in [7, 11) is 1.65. The molecule has 3 rings (SSSR count). The van der Waals surface area contributed by atoms with Crippen molar-refractivity contribution < 1.29 is 13.9 Å². The van der Waals surface area contributed by atoms with E-state index < -0.39 is 0 Å². The molecule has 1 amide bonds. The monoisotopic (exact) mass is 391 g/mol. The Morgan fingerprint density at radius 2 is 2.04 bits per heavy atom. The number of hydrogen-bond acceptors (Lipinski definition) is 4. The van der Waals surface area contributed by atoms with Crippen molar-refractivity contribution in [2.24, 2.45) is 5.92 Å². The summed E-state index contributed by atoms with van der Waals surface area (Å²) in [6.07, 6.45) is 4.30. The summed E-state index contributed by atoms with van der Waals surface area (Å²) in [5, 5.41) is 2.99. The minimum absolute atomic E-state index is 0.0965. The zero-order valence-corrected chi connectivity index (χ0v) is 17.3. The molecule has 1 atom stereocenters. The maximum atomic E-state index is 13.8. The summed E-state index contributed by atoms with van der Waals surface area (Å²) < 4.78 is 18.8. The summed E-state index contributed by atoms with van der Waals surface area (Å²) in [6.45, 7) is 7.78. The highest BCUT2D eigenvalue weighted by atomic mass is 19.1. The lowest BCUT2D eigenvalue weighted by atomic mass is 9.93. The zero-order valence-electron chi connectivity index (χ0n) is 17.3. The van der Waals surface area contributed by atoms with Crippen molar-refractivity contribution in [3.05, 3.63) is 35.1 Å². The van der Waals surface area contributed by atoms with Gasteiger partial charge in [-0.25, -0.2) is 4.39 Å². The van der Waals surface area contributed by atoms with Crippen molar-refractivity contribution in [2.75, 3.05) is 46.4 Å². The first-order chi connectivity index (χ1) is 13.6. The van der Waals surface area contributed by atoms with Crippen LogP contribution in [0.2, 0.25) is 0 Å². The van der Waals surface area contributed by atoms with Crippen LogP contribution in [0, 0.1) is 18.7 Å². The highest BCUT2D eigenvalue weighted by Gasteiger charge is 2.31. The molecule has 28 heavy (non-hydrogen) atoms. The van der Waals surface area contributed by atoms with Gasteiger partial charge < -0.3 is 10.1 Å². The number of benzene rings is 1. The Labute approximate surface area is 168 Å². The Balaban J connectivity index is 1.45. The second kappa shape index (κ2) is 10.3. The lowest BCUT2D eigenvalue weighted by Crippen LogP contribution is -2.50. The van der Waals surface area contributed by atoms with Crippen molar-refractivity contribution in [1.82, 2.24) is 15.1 Å². The van der Waals surface area contributed by atoms with Crippen LogP contribution in [-0.4, -0.2) is 68.2 Å². The number of piperidine rings is 2. The summed E-state index contributed by atoms with van der Waals surface area (Å²) in [5.74, 6) is 0.148. The first kappa shape index (κ1) is 21.2. The highest BCUT2D eigenvalue weighted by Crippen LogP contribution is 2.25. The van der Waals surface area contributed by atoms with E-state index in [2.05, 4.69) is 15.1 Å². The Bertz CT molecular complexity index is 647. The van der Waals surface area contributed by atoms with Crippen LogP contribution < -0.4 is 5.32 Å². The van der Waals surface area contributed by atoms with E-state index in [1.54, 1.807) is 20.1 Å². The number of aryl methyl sites for hydroxylation is 1. The van der Waals surface area contributed by atoms with Gasteiger partial charge in [-0.1, -0.05) is 12.1 Å². The van der Waals surface area contributed by atoms with Gasteiger partial charge in [0.1, 0.15) is 5.82 Å². The van der Waals surface area contributed by atoms with Gasteiger partial charge in [-0.3, -0.25) is 14.6 Å². The van der Waals surface area contributed by atoms with Gasteiger partial charge in [0.05, 0.1) is 12.5 Å². The molecule has 0 aliphatic carbocycles. The Morgan fingerprint density at radius 1 is 1.25 bits per heavy atom. The van der Waals surface area contributed by atoms with E-state index >= 15 is 0 Å². The van der Waals surface area contributed by atoms with Gasteiger partial charge in [0.25, 0.3) is 0 Å². The van der Waals surface area contributed by atoms with Gasteiger partial charge in [0.2, 0.25) is 5.91 Å². The molecular weight excluding hydrogens is 357 g/mol. The molecule has 1 N–H and O–H groups in total. The van der Waals surface area contributed by atoms with Gasteiger partial charge in [-0.15, -0.1) is 0 Å². The van der Waals surface area contributed by atoms with Crippen LogP contribution in [0.5, 0.6) is 0 Å². The molecule has 0 spiro atoms. The number of ether oxygens (including phenoxy) is 1. The Morgan fingerprint density at radius 3 is 2.75 bits per heavy atom. The van der Waals surface area contributed by atoms with E-state index in [9.17, 15) is 9.18 Å². The topological polar surface area (TPSA) is 44.8 Å². The number of hydrogen-bond donors (Lipinski definition) is 1. The first-order valence-corrected chi connectivity index (χ1v) is 10.5. The van der Waals surface area contributed by atoms with E-state index in [-0.39, 0.29) is 17.6 Å². The number of halogens is 1. The average Bonchev–Trinajstić information content (AvgIpc) is 2.71. The molecule has 2 fully saturated rings. The predicted molar refractivity (Wildman–Crippen MR) is 109 cm³/mol. The van der Waals surface area contributed by atoms with E-state index in [0.717, 1.165) is 64.0 Å². The second-order valence-corrected chi connectivity index (χ2v) is 8.21.